The van der Waals surface area contributed by atoms with Gasteiger partial charge in [-0.3, -0.25) is 0 Å². The van der Waals surface area contributed by atoms with E-state index >= 15 is 0 Å². The van der Waals surface area contributed by atoms with Gasteiger partial charge in [0.2, 0.25) is 5.89 Å². The van der Waals surface area contributed by atoms with Crippen LogP contribution in [0.25, 0.3) is 66.9 Å². The third-order valence-electron chi connectivity index (χ3n) is 8.70. The van der Waals surface area contributed by atoms with Gasteiger partial charge in [-0.1, -0.05) is 109 Å². The van der Waals surface area contributed by atoms with Crippen LogP contribution < -0.4 is 4.90 Å². The lowest BCUT2D eigenvalue weighted by molar-refractivity contribution is 0.620. The lowest BCUT2D eigenvalue weighted by Crippen LogP contribution is -2.10. The Morgan fingerprint density at radius 2 is 0.938 bits per heavy atom. The predicted molar refractivity (Wildman–Crippen MR) is 196 cm³/mol. The molecule has 7 aromatic carbocycles. The number of para-hydroxylation sites is 5. The van der Waals surface area contributed by atoms with Gasteiger partial charge >= 0.3 is 0 Å². The van der Waals surface area contributed by atoms with E-state index in [2.05, 4.69) is 102 Å². The number of nitrogens with zero attached hydrogens (tertiary/aromatic N) is 4. The van der Waals surface area contributed by atoms with Crippen LogP contribution >= 0.6 is 0 Å². The topological polar surface area (TPSA) is 55.1 Å². The Bertz CT molecular complexity index is 2530. The van der Waals surface area contributed by atoms with Crippen molar-refractivity contribution in [1.29, 1.82) is 0 Å². The fourth-order valence-corrected chi connectivity index (χ4v) is 6.42. The van der Waals surface area contributed by atoms with Crippen molar-refractivity contribution in [3.05, 3.63) is 170 Å². The molecule has 9 rings (SSSR count). The molecule has 0 N–H and O–H groups in total. The minimum atomic E-state index is 0.611. The van der Waals surface area contributed by atoms with E-state index in [0.29, 0.717) is 5.89 Å². The van der Waals surface area contributed by atoms with Gasteiger partial charge in [0.1, 0.15) is 5.52 Å². The molecule has 0 atom stereocenters. The average molecular weight is 617 g/mol. The molecule has 0 unspecified atom stereocenters. The molecule has 0 aliphatic heterocycles. The quantitative estimate of drug-likeness (QED) is 0.186. The Kier molecular flexibility index (Phi) is 6.72. The van der Waals surface area contributed by atoms with Gasteiger partial charge in [-0.25, -0.2) is 15.0 Å². The van der Waals surface area contributed by atoms with Crippen molar-refractivity contribution in [3.8, 4) is 34.0 Å². The van der Waals surface area contributed by atoms with Crippen LogP contribution in [0, 0.1) is 0 Å². The van der Waals surface area contributed by atoms with Gasteiger partial charge in [-0.2, -0.15) is 0 Å². The molecule has 5 nitrogen and oxygen atoms in total. The second-order valence-electron chi connectivity index (χ2n) is 11.7. The molecule has 0 fully saturated rings. The Hall–Kier alpha value is -6.59. The molecule has 48 heavy (non-hydrogen) atoms. The lowest BCUT2D eigenvalue weighted by Gasteiger charge is -2.27. The van der Waals surface area contributed by atoms with Crippen molar-refractivity contribution in [2.45, 2.75) is 0 Å². The third kappa shape index (κ3) is 4.86. The summed E-state index contributed by atoms with van der Waals surface area (Å²) in [5, 5.41) is 2.16. The first kappa shape index (κ1) is 27.7. The first-order valence-corrected chi connectivity index (χ1v) is 16.0. The summed E-state index contributed by atoms with van der Waals surface area (Å²) >= 11 is 0. The molecule has 0 saturated heterocycles. The fourth-order valence-electron chi connectivity index (χ4n) is 6.42. The second-order valence-corrected chi connectivity index (χ2v) is 11.7. The minimum absolute atomic E-state index is 0.611. The molecule has 2 aromatic heterocycles. The van der Waals surface area contributed by atoms with E-state index < -0.39 is 0 Å². The molecular weight excluding hydrogens is 589 g/mol. The van der Waals surface area contributed by atoms with Gasteiger partial charge in [-0.05, 0) is 66.0 Å². The van der Waals surface area contributed by atoms with Crippen molar-refractivity contribution in [2.75, 3.05) is 4.90 Å². The van der Waals surface area contributed by atoms with Crippen molar-refractivity contribution < 1.29 is 4.42 Å². The molecule has 2 heterocycles. The highest BCUT2D eigenvalue weighted by Gasteiger charge is 2.20. The fraction of sp³-hybridized carbons (Fsp3) is 0. The van der Waals surface area contributed by atoms with E-state index in [9.17, 15) is 0 Å². The summed E-state index contributed by atoms with van der Waals surface area (Å²) in [6.07, 6.45) is 0. The average Bonchev–Trinajstić information content (AvgIpc) is 3.60. The van der Waals surface area contributed by atoms with Crippen LogP contribution in [0.4, 0.5) is 17.1 Å². The largest absolute Gasteiger partial charge is 0.436 e. The predicted octanol–water partition coefficient (Wildman–Crippen LogP) is 11.4. The zero-order valence-corrected chi connectivity index (χ0v) is 25.9. The Balaban J connectivity index is 1.19. The first-order chi connectivity index (χ1) is 23.8. The summed E-state index contributed by atoms with van der Waals surface area (Å²) in [6, 6.07) is 58.0. The molecule has 0 bridgehead atoms. The molecule has 0 saturated carbocycles. The molecule has 0 aliphatic carbocycles. The zero-order valence-electron chi connectivity index (χ0n) is 25.9. The number of anilines is 3. The minimum Gasteiger partial charge on any atom is -0.436 e. The highest BCUT2D eigenvalue weighted by Crippen LogP contribution is 2.43. The maximum atomic E-state index is 6.22. The number of hydrogen-bond donors (Lipinski definition) is 0. The number of oxazole rings is 1. The van der Waals surface area contributed by atoms with Crippen LogP contribution in [0.3, 0.4) is 0 Å². The Labute approximate surface area is 277 Å². The number of rotatable bonds is 6. The van der Waals surface area contributed by atoms with Crippen LogP contribution in [0.5, 0.6) is 0 Å². The van der Waals surface area contributed by atoms with Crippen molar-refractivity contribution in [1.82, 2.24) is 15.0 Å². The van der Waals surface area contributed by atoms with E-state index in [1.54, 1.807) is 0 Å². The van der Waals surface area contributed by atoms with Gasteiger partial charge in [0.25, 0.3) is 0 Å². The van der Waals surface area contributed by atoms with Crippen LogP contribution in [-0.2, 0) is 0 Å². The van der Waals surface area contributed by atoms with Gasteiger partial charge in [0.15, 0.2) is 5.58 Å². The summed E-state index contributed by atoms with van der Waals surface area (Å²) in [7, 11) is 0. The van der Waals surface area contributed by atoms with Gasteiger partial charge < -0.3 is 9.32 Å². The summed E-state index contributed by atoms with van der Waals surface area (Å²) in [4.78, 5) is 17.3. The molecule has 226 valence electrons. The van der Waals surface area contributed by atoms with Gasteiger partial charge in [0, 0.05) is 33.5 Å². The normalized spacial score (nSPS) is 11.3. The zero-order chi connectivity index (χ0) is 31.9. The van der Waals surface area contributed by atoms with Crippen molar-refractivity contribution in [2.24, 2.45) is 0 Å². The maximum absolute atomic E-state index is 6.22. The van der Waals surface area contributed by atoms with Gasteiger partial charge in [0.05, 0.1) is 28.1 Å². The number of aromatic nitrogens is 3. The van der Waals surface area contributed by atoms with E-state index in [0.717, 1.165) is 78.0 Å². The highest BCUT2D eigenvalue weighted by atomic mass is 16.3. The number of fused-ring (bicyclic) bond motifs is 3. The second kappa shape index (κ2) is 11.6. The third-order valence-corrected chi connectivity index (χ3v) is 8.70. The molecule has 0 aliphatic rings. The van der Waals surface area contributed by atoms with E-state index in [4.69, 9.17) is 19.4 Å². The first-order valence-electron chi connectivity index (χ1n) is 16.0. The van der Waals surface area contributed by atoms with Crippen molar-refractivity contribution >= 4 is 50.0 Å². The molecule has 0 spiro atoms. The van der Waals surface area contributed by atoms with Gasteiger partial charge in [-0.15, -0.1) is 0 Å². The van der Waals surface area contributed by atoms with E-state index in [-0.39, 0.29) is 0 Å². The molecule has 9 aromatic rings. The summed E-state index contributed by atoms with van der Waals surface area (Å²) in [5.41, 5.74) is 11.2. The molecule has 5 heteroatoms. The standard InChI is InChI=1S/C43H28N4O/c1-3-13-29(14-4-1)41-42(45-37-20-10-9-19-36(37)44-41)30-23-25-32(26-24-30)47(31-15-5-2-6-16-31)39-28-27-35(33-17-7-8-18-34(33)39)43-46-38-21-11-12-22-40(38)48-43/h1-28H. The number of benzene rings is 7. The summed E-state index contributed by atoms with van der Waals surface area (Å²) in [6.45, 7) is 0. The lowest BCUT2D eigenvalue weighted by atomic mass is 10.0. The number of hydrogen-bond acceptors (Lipinski definition) is 5. The van der Waals surface area contributed by atoms with Crippen LogP contribution in [-0.4, -0.2) is 15.0 Å². The maximum Gasteiger partial charge on any atom is 0.227 e. The molecule has 0 radical (unpaired) electrons. The monoisotopic (exact) mass is 616 g/mol. The summed E-state index contributed by atoms with van der Waals surface area (Å²) in [5.74, 6) is 0.611. The van der Waals surface area contributed by atoms with E-state index in [1.807, 2.05) is 72.8 Å². The van der Waals surface area contributed by atoms with Crippen LogP contribution in [0.2, 0.25) is 0 Å². The van der Waals surface area contributed by atoms with E-state index in [1.165, 1.54) is 0 Å². The molecular formula is C43H28N4O. The van der Waals surface area contributed by atoms with Crippen LogP contribution in [0.1, 0.15) is 0 Å². The molecule has 0 amide bonds. The van der Waals surface area contributed by atoms with Crippen LogP contribution in [0.15, 0.2) is 174 Å². The Morgan fingerprint density at radius 1 is 0.396 bits per heavy atom. The highest BCUT2D eigenvalue weighted by molar-refractivity contribution is 6.05. The Morgan fingerprint density at radius 3 is 1.62 bits per heavy atom. The summed E-state index contributed by atoms with van der Waals surface area (Å²) < 4.78 is 6.22. The smallest absolute Gasteiger partial charge is 0.227 e. The van der Waals surface area contributed by atoms with Crippen molar-refractivity contribution in [3.63, 3.8) is 0 Å². The SMILES string of the molecule is c1ccc(-c2nc3ccccc3nc2-c2ccc(N(c3ccccc3)c3ccc(-c4nc5ccccc5o4)c4ccccc34)cc2)cc1.